The number of carbonyl (C=O) groups is 1. The Morgan fingerprint density at radius 3 is 2.89 bits per heavy atom. The Bertz CT molecular complexity index is 862. The van der Waals surface area contributed by atoms with Crippen LogP contribution < -0.4 is 16.2 Å². The number of likely N-dealkylation sites (tertiary alicyclic amines) is 1. The maximum absolute atomic E-state index is 12.5. The maximum Gasteiger partial charge on any atom is 0.271 e. The molecule has 1 aliphatic rings. The number of H-pyrrole nitrogens is 1. The number of nitrogens with one attached hydrogen (secondary N) is 1. The van der Waals surface area contributed by atoms with Crippen molar-refractivity contribution in [3.05, 3.63) is 59.3 Å². The van der Waals surface area contributed by atoms with Gasteiger partial charge in [0, 0.05) is 62.5 Å². The number of aromatic nitrogens is 2. The van der Waals surface area contributed by atoms with Crippen LogP contribution >= 0.6 is 0 Å². The lowest BCUT2D eigenvalue weighted by molar-refractivity contribution is -0.125. The third-order valence-corrected chi connectivity index (χ3v) is 4.86. The lowest BCUT2D eigenvalue weighted by Crippen LogP contribution is -2.41. The van der Waals surface area contributed by atoms with Crippen molar-refractivity contribution < 1.29 is 4.79 Å². The molecule has 3 heterocycles. The second-order valence-corrected chi connectivity index (χ2v) is 6.49. The van der Waals surface area contributed by atoms with Crippen LogP contribution in [0, 0.1) is 0 Å². The largest absolute Gasteiger partial charge is 0.363 e. The Balaban J connectivity index is 1.83. The van der Waals surface area contributed by atoms with Gasteiger partial charge in [-0.25, -0.2) is 0 Å². The van der Waals surface area contributed by atoms with E-state index in [1.54, 1.807) is 29.6 Å². The molecule has 0 aromatic carbocycles. The molecule has 27 heavy (non-hydrogen) atoms. The fourth-order valence-electron chi connectivity index (χ4n) is 3.49. The van der Waals surface area contributed by atoms with E-state index in [0.717, 1.165) is 17.5 Å². The minimum atomic E-state index is -0.123. The van der Waals surface area contributed by atoms with Gasteiger partial charge in [0.1, 0.15) is 5.69 Å². The molecular weight excluding hydrogens is 342 g/mol. The summed E-state index contributed by atoms with van der Waals surface area (Å²) in [5, 5.41) is 0. The second kappa shape index (κ2) is 8.64. The van der Waals surface area contributed by atoms with Gasteiger partial charge in [0.05, 0.1) is 0 Å². The highest BCUT2D eigenvalue weighted by Gasteiger charge is 2.30. The van der Waals surface area contributed by atoms with E-state index in [4.69, 9.17) is 5.73 Å². The number of nitrogens with zero attached hydrogens (tertiary/aromatic N) is 3. The number of rotatable bonds is 6. The van der Waals surface area contributed by atoms with Crippen LogP contribution in [0.2, 0.25) is 0 Å². The Hall–Kier alpha value is -2.93. The molecule has 0 spiro atoms. The van der Waals surface area contributed by atoms with Crippen LogP contribution in [0.15, 0.2) is 53.7 Å². The Kier molecular flexibility index (Phi) is 6.03. The van der Waals surface area contributed by atoms with Crippen LogP contribution in [0.4, 0.5) is 5.69 Å². The number of anilines is 1. The van der Waals surface area contributed by atoms with Crippen molar-refractivity contribution >= 4 is 11.6 Å². The summed E-state index contributed by atoms with van der Waals surface area (Å²) in [5.74, 6) is -0.0292. The van der Waals surface area contributed by atoms with Crippen LogP contribution in [-0.2, 0) is 4.79 Å². The summed E-state index contributed by atoms with van der Waals surface area (Å²) < 4.78 is 0. The van der Waals surface area contributed by atoms with E-state index in [1.165, 1.54) is 6.08 Å². The molecule has 1 aliphatic heterocycles. The van der Waals surface area contributed by atoms with Gasteiger partial charge in [-0.3, -0.25) is 14.6 Å². The molecule has 0 saturated carbocycles. The molecule has 0 unspecified atom stereocenters. The summed E-state index contributed by atoms with van der Waals surface area (Å²) in [7, 11) is 0. The monoisotopic (exact) mass is 367 g/mol. The number of likely N-dealkylation sites (N-methyl/N-ethyl adjacent to an activating group) is 1. The molecule has 0 radical (unpaired) electrons. The van der Waals surface area contributed by atoms with Gasteiger partial charge in [-0.1, -0.05) is 6.08 Å². The number of carbonyl (C=O) groups excluding carboxylic acids is 1. The fourth-order valence-corrected chi connectivity index (χ4v) is 3.49. The number of amides is 1. The van der Waals surface area contributed by atoms with Gasteiger partial charge in [-0.2, -0.15) is 0 Å². The van der Waals surface area contributed by atoms with Gasteiger partial charge in [0.25, 0.3) is 5.56 Å². The molecule has 3 rings (SSSR count). The average Bonchev–Trinajstić information content (AvgIpc) is 3.19. The van der Waals surface area contributed by atoms with E-state index in [-0.39, 0.29) is 17.5 Å². The zero-order valence-electron chi connectivity index (χ0n) is 15.5. The van der Waals surface area contributed by atoms with Gasteiger partial charge in [-0.05, 0) is 37.1 Å². The summed E-state index contributed by atoms with van der Waals surface area (Å²) in [4.78, 5) is 35.5. The van der Waals surface area contributed by atoms with Crippen molar-refractivity contribution in [2.45, 2.75) is 19.4 Å². The molecule has 7 heteroatoms. The Morgan fingerprint density at radius 2 is 2.19 bits per heavy atom. The van der Waals surface area contributed by atoms with E-state index < -0.39 is 0 Å². The molecule has 0 bridgehead atoms. The van der Waals surface area contributed by atoms with Crippen LogP contribution in [0.3, 0.4) is 0 Å². The van der Waals surface area contributed by atoms with E-state index in [1.807, 2.05) is 25.1 Å². The first-order chi connectivity index (χ1) is 13.1. The van der Waals surface area contributed by atoms with Gasteiger partial charge >= 0.3 is 0 Å². The van der Waals surface area contributed by atoms with Crippen molar-refractivity contribution in [3.63, 3.8) is 0 Å². The van der Waals surface area contributed by atoms with Crippen LogP contribution in [0.1, 0.15) is 13.3 Å². The van der Waals surface area contributed by atoms with E-state index in [0.29, 0.717) is 31.9 Å². The van der Waals surface area contributed by atoms with Crippen LogP contribution in [-0.4, -0.2) is 53.0 Å². The standard InChI is InChI=1S/C20H25N5O2/c1-2-25(17-7-11-24(14-17)19(26)4-3-8-21)18-12-16(13-23-20(18)27)15-5-9-22-10-6-15/h3-6,9-10,12-13,17H,2,7-8,11,14,21H2,1H3,(H,23,27)/t17-/m0/s1. The summed E-state index contributed by atoms with van der Waals surface area (Å²) in [5.41, 5.74) is 7.85. The molecule has 7 nitrogen and oxygen atoms in total. The lowest BCUT2D eigenvalue weighted by atomic mass is 10.1. The second-order valence-electron chi connectivity index (χ2n) is 6.49. The highest BCUT2D eigenvalue weighted by atomic mass is 16.2. The smallest absolute Gasteiger partial charge is 0.271 e. The molecule has 1 amide bonds. The summed E-state index contributed by atoms with van der Waals surface area (Å²) in [6.45, 7) is 4.34. The van der Waals surface area contributed by atoms with Crippen molar-refractivity contribution in [2.24, 2.45) is 5.73 Å². The van der Waals surface area contributed by atoms with E-state index in [9.17, 15) is 9.59 Å². The number of pyridine rings is 2. The van der Waals surface area contributed by atoms with Crippen molar-refractivity contribution in [1.82, 2.24) is 14.9 Å². The number of hydrogen-bond donors (Lipinski definition) is 2. The first-order valence-electron chi connectivity index (χ1n) is 9.19. The minimum absolute atomic E-state index is 0.0292. The molecule has 1 fully saturated rings. The predicted octanol–water partition coefficient (Wildman–Crippen LogP) is 1.38. The van der Waals surface area contributed by atoms with Crippen molar-refractivity contribution in [2.75, 3.05) is 31.1 Å². The third kappa shape index (κ3) is 4.25. The minimum Gasteiger partial charge on any atom is -0.363 e. The predicted molar refractivity (Wildman–Crippen MR) is 106 cm³/mol. The van der Waals surface area contributed by atoms with Gasteiger partial charge in [0.2, 0.25) is 5.91 Å². The summed E-state index contributed by atoms with van der Waals surface area (Å²) in [6, 6.07) is 5.84. The van der Waals surface area contributed by atoms with Crippen molar-refractivity contribution in [1.29, 1.82) is 0 Å². The van der Waals surface area contributed by atoms with Crippen LogP contribution in [0.5, 0.6) is 0 Å². The average molecular weight is 367 g/mol. The quantitative estimate of drug-likeness (QED) is 0.752. The number of aromatic amines is 1. The summed E-state index contributed by atoms with van der Waals surface area (Å²) in [6.07, 6.45) is 9.19. The highest BCUT2D eigenvalue weighted by molar-refractivity contribution is 5.88. The molecule has 3 N–H and O–H groups in total. The first-order valence-corrected chi connectivity index (χ1v) is 9.19. The summed E-state index contributed by atoms with van der Waals surface area (Å²) >= 11 is 0. The van der Waals surface area contributed by atoms with Crippen molar-refractivity contribution in [3.8, 4) is 11.1 Å². The van der Waals surface area contributed by atoms with Gasteiger partial charge < -0.3 is 20.5 Å². The molecule has 1 atom stereocenters. The zero-order chi connectivity index (χ0) is 19.2. The highest BCUT2D eigenvalue weighted by Crippen LogP contribution is 2.24. The third-order valence-electron chi connectivity index (χ3n) is 4.86. The maximum atomic E-state index is 12.5. The molecule has 1 saturated heterocycles. The zero-order valence-corrected chi connectivity index (χ0v) is 15.5. The van der Waals surface area contributed by atoms with Crippen LogP contribution in [0.25, 0.3) is 11.1 Å². The molecule has 142 valence electrons. The molecule has 0 aliphatic carbocycles. The van der Waals surface area contributed by atoms with E-state index >= 15 is 0 Å². The SMILES string of the molecule is CCN(c1cc(-c2ccncc2)c[nH]c1=O)[C@H]1CCN(C(=O)C=CCN)C1. The van der Waals surface area contributed by atoms with Gasteiger partial charge in [-0.15, -0.1) is 0 Å². The van der Waals surface area contributed by atoms with E-state index in [2.05, 4.69) is 14.9 Å². The molecule has 2 aromatic rings. The lowest BCUT2D eigenvalue weighted by Gasteiger charge is -2.29. The topological polar surface area (TPSA) is 95.3 Å². The number of hydrogen-bond acceptors (Lipinski definition) is 5. The first kappa shape index (κ1) is 18.8. The fraction of sp³-hybridized carbons (Fsp3) is 0.350. The molecular formula is C20H25N5O2. The Labute approximate surface area is 158 Å². The van der Waals surface area contributed by atoms with Gasteiger partial charge in [0.15, 0.2) is 0 Å². The number of nitrogens with two attached hydrogens (primary N) is 1. The molecule has 2 aromatic heterocycles. The Morgan fingerprint density at radius 1 is 1.41 bits per heavy atom. The normalized spacial score (nSPS) is 16.8.